The normalized spacial score (nSPS) is 8.75. The molecule has 0 amide bonds. The van der Waals surface area contributed by atoms with Gasteiger partial charge in [0.05, 0.1) is 0 Å². The Kier molecular flexibility index (Phi) is 4.90. The summed E-state index contributed by atoms with van der Waals surface area (Å²) in [6, 6.07) is 9.38. The molecular formula is C9H8BrMgN. The number of aromatic nitrogens is 1. The predicted octanol–water partition coefficient (Wildman–Crippen LogP) is -1.10. The topological polar surface area (TPSA) is 15.8 Å². The second-order valence-corrected chi connectivity index (χ2v) is 2.48. The number of hydrogen-bond donors (Lipinski definition) is 1. The fourth-order valence-corrected chi connectivity index (χ4v) is 1.09. The van der Waals surface area contributed by atoms with E-state index >= 15 is 0 Å². The minimum absolute atomic E-state index is 0. The molecule has 0 saturated heterocycles. The van der Waals surface area contributed by atoms with Crippen molar-refractivity contribution in [2.45, 2.75) is 6.92 Å². The van der Waals surface area contributed by atoms with Crippen molar-refractivity contribution in [2.75, 3.05) is 0 Å². The average Bonchev–Trinajstić information content (AvgIpc) is 2.33. The van der Waals surface area contributed by atoms with E-state index in [9.17, 15) is 0 Å². The van der Waals surface area contributed by atoms with E-state index in [1.807, 2.05) is 6.20 Å². The van der Waals surface area contributed by atoms with E-state index in [1.54, 1.807) is 0 Å². The Hall–Kier alpha value is 0.00623. The number of hydrogen-bond acceptors (Lipinski definition) is 0. The molecule has 1 aromatic carbocycles. The second kappa shape index (κ2) is 4.89. The summed E-state index contributed by atoms with van der Waals surface area (Å²) in [5.41, 5.74) is 2.44. The predicted molar refractivity (Wildman–Crippen MR) is 47.6 cm³/mol. The summed E-state index contributed by atoms with van der Waals surface area (Å²) in [5.74, 6) is 0. The van der Waals surface area contributed by atoms with Crippen molar-refractivity contribution in [1.82, 2.24) is 4.98 Å². The zero-order chi connectivity index (χ0) is 6.97. The van der Waals surface area contributed by atoms with E-state index in [4.69, 9.17) is 0 Å². The van der Waals surface area contributed by atoms with Gasteiger partial charge in [-0.1, -0.05) is 30.8 Å². The summed E-state index contributed by atoms with van der Waals surface area (Å²) in [5, 5.41) is 1.17. The van der Waals surface area contributed by atoms with E-state index in [2.05, 4.69) is 36.2 Å². The molecule has 1 aromatic heterocycles. The van der Waals surface area contributed by atoms with Crippen molar-refractivity contribution in [3.8, 4) is 0 Å². The molecule has 3 heteroatoms. The summed E-state index contributed by atoms with van der Waals surface area (Å²) in [6.45, 7) is 2.08. The Morgan fingerprint density at radius 3 is 2.83 bits per heavy atom. The van der Waals surface area contributed by atoms with Crippen LogP contribution in [0, 0.1) is 13.0 Å². The van der Waals surface area contributed by atoms with E-state index in [-0.39, 0.29) is 40.0 Å². The molecule has 0 unspecified atom stereocenters. The van der Waals surface area contributed by atoms with E-state index in [0.29, 0.717) is 0 Å². The van der Waals surface area contributed by atoms with Gasteiger partial charge in [-0.3, -0.25) is 0 Å². The van der Waals surface area contributed by atoms with Gasteiger partial charge in [-0.25, -0.2) is 0 Å². The van der Waals surface area contributed by atoms with Crippen molar-refractivity contribution in [3.63, 3.8) is 0 Å². The number of halogens is 1. The van der Waals surface area contributed by atoms with Gasteiger partial charge in [-0.05, 0) is 0 Å². The maximum atomic E-state index is 3.10. The minimum atomic E-state index is 0. The summed E-state index contributed by atoms with van der Waals surface area (Å²) >= 11 is 0. The van der Waals surface area contributed by atoms with Crippen molar-refractivity contribution >= 4 is 34.0 Å². The fraction of sp³-hybridized carbons (Fsp3) is 0.111. The molecule has 0 aliphatic rings. The second-order valence-electron chi connectivity index (χ2n) is 2.48. The van der Waals surface area contributed by atoms with Crippen LogP contribution in [0.3, 0.4) is 0 Å². The Bertz CT molecular complexity index is 356. The number of fused-ring (bicyclic) bond motifs is 1. The van der Waals surface area contributed by atoms with Crippen LogP contribution < -0.4 is 17.0 Å². The van der Waals surface area contributed by atoms with Crippen LogP contribution in [0.1, 0.15) is 5.56 Å². The van der Waals surface area contributed by atoms with Gasteiger partial charge in [0.15, 0.2) is 0 Å². The van der Waals surface area contributed by atoms with Crippen LogP contribution in [0.25, 0.3) is 10.9 Å². The molecule has 58 valence electrons. The molecule has 2 aromatic rings. The van der Waals surface area contributed by atoms with E-state index < -0.39 is 0 Å². The number of aryl methyl sites for hydroxylation is 1. The molecule has 12 heavy (non-hydrogen) atoms. The van der Waals surface area contributed by atoms with E-state index in [1.165, 1.54) is 10.9 Å². The van der Waals surface area contributed by atoms with Gasteiger partial charge < -0.3 is 22.0 Å². The van der Waals surface area contributed by atoms with Gasteiger partial charge >= 0.3 is 23.1 Å². The Morgan fingerprint density at radius 1 is 1.33 bits per heavy atom. The molecule has 0 aliphatic heterocycles. The van der Waals surface area contributed by atoms with Crippen molar-refractivity contribution in [1.29, 1.82) is 0 Å². The average molecular weight is 234 g/mol. The third kappa shape index (κ3) is 2.25. The molecular weight excluding hydrogens is 226 g/mol. The van der Waals surface area contributed by atoms with Gasteiger partial charge in [-0.15, -0.1) is 5.56 Å². The monoisotopic (exact) mass is 233 g/mol. The van der Waals surface area contributed by atoms with Crippen LogP contribution in [0.15, 0.2) is 24.4 Å². The summed E-state index contributed by atoms with van der Waals surface area (Å²) in [4.78, 5) is 3.09. The molecule has 2 rings (SSSR count). The van der Waals surface area contributed by atoms with Gasteiger partial charge in [-0.2, -0.15) is 17.5 Å². The number of H-pyrrole nitrogens is 1. The van der Waals surface area contributed by atoms with Crippen LogP contribution in [0.4, 0.5) is 0 Å². The molecule has 1 N–H and O–H groups in total. The first-order valence-corrected chi connectivity index (χ1v) is 3.32. The molecule has 0 atom stereocenters. The van der Waals surface area contributed by atoms with E-state index in [0.717, 1.165) is 5.52 Å². The maximum absolute atomic E-state index is 3.10. The third-order valence-corrected chi connectivity index (χ3v) is 1.63. The fourth-order valence-electron chi connectivity index (χ4n) is 1.09. The van der Waals surface area contributed by atoms with Crippen LogP contribution in [-0.4, -0.2) is 28.0 Å². The molecule has 0 saturated carbocycles. The zero-order valence-electron chi connectivity index (χ0n) is 6.89. The molecule has 1 nitrogen and oxygen atoms in total. The number of benzene rings is 1. The Balaban J connectivity index is 0.000000605. The first-order chi connectivity index (χ1) is 4.86. The van der Waals surface area contributed by atoms with Crippen LogP contribution in [-0.2, 0) is 0 Å². The largest absolute Gasteiger partial charge is 2.00 e. The molecule has 0 spiro atoms. The van der Waals surface area contributed by atoms with Gasteiger partial charge in [0.1, 0.15) is 0 Å². The van der Waals surface area contributed by atoms with Crippen LogP contribution in [0.2, 0.25) is 0 Å². The number of rotatable bonds is 0. The van der Waals surface area contributed by atoms with Gasteiger partial charge in [0, 0.05) is 0 Å². The zero-order valence-corrected chi connectivity index (χ0v) is 9.89. The first-order valence-electron chi connectivity index (χ1n) is 3.32. The maximum Gasteiger partial charge on any atom is 2.00 e. The molecule has 0 bridgehead atoms. The van der Waals surface area contributed by atoms with Crippen molar-refractivity contribution in [3.05, 3.63) is 36.0 Å². The molecule has 0 aliphatic carbocycles. The third-order valence-electron chi connectivity index (χ3n) is 1.63. The number of nitrogens with one attached hydrogen (secondary N) is 1. The summed E-state index contributed by atoms with van der Waals surface area (Å²) in [7, 11) is 0. The van der Waals surface area contributed by atoms with Crippen molar-refractivity contribution < 1.29 is 17.0 Å². The minimum Gasteiger partial charge on any atom is -1.00 e. The van der Waals surface area contributed by atoms with Crippen molar-refractivity contribution in [2.24, 2.45) is 0 Å². The van der Waals surface area contributed by atoms with Crippen LogP contribution in [0.5, 0.6) is 0 Å². The van der Waals surface area contributed by atoms with Crippen LogP contribution >= 0.6 is 0 Å². The molecule has 1 heterocycles. The smallest absolute Gasteiger partial charge is 1.00 e. The van der Waals surface area contributed by atoms with Gasteiger partial charge in [0.2, 0.25) is 0 Å². The summed E-state index contributed by atoms with van der Waals surface area (Å²) in [6.07, 6.45) is 1.84. The Morgan fingerprint density at radius 2 is 2.08 bits per heavy atom. The van der Waals surface area contributed by atoms with Gasteiger partial charge in [0.25, 0.3) is 0 Å². The molecule has 0 radical (unpaired) electrons. The standard InChI is InChI=1S/C9H8N.BrH.Mg/c1-7-2-3-9-8(6-7)4-5-10-9;;/h2-3,5-6,10H,1H3;1H;/q-1;;+2/p-1. The SMILES string of the molecule is Cc1ccc2[nH]c[c-]c2c1.[Br-].[Mg+2]. The number of aromatic amines is 1. The molecule has 0 fully saturated rings. The Labute approximate surface area is 98.5 Å². The summed E-state index contributed by atoms with van der Waals surface area (Å²) < 4.78 is 0. The first kappa shape index (κ1) is 12.0. The quantitative estimate of drug-likeness (QED) is 0.440.